The van der Waals surface area contributed by atoms with E-state index in [1.807, 2.05) is 0 Å². The van der Waals surface area contributed by atoms with Gasteiger partial charge in [-0.3, -0.25) is 0 Å². The Kier molecular flexibility index (Phi) is 11.0. The zero-order chi connectivity index (χ0) is 41.0. The van der Waals surface area contributed by atoms with Crippen molar-refractivity contribution in [3.63, 3.8) is 0 Å². The Hall–Kier alpha value is 3.90. The Morgan fingerprint density at radius 3 is 0.420 bits per heavy atom. The van der Waals surface area contributed by atoms with Crippen molar-refractivity contribution < 1.29 is 0 Å². The van der Waals surface area contributed by atoms with Gasteiger partial charge in [-0.1, -0.05) is 210 Å². The summed E-state index contributed by atoms with van der Waals surface area (Å²) < 4.78 is 0. The standard InChI is InChI=1S/C32H96Si18/c1-33(2,3)45(34(4,5)6)41(25,26)43(29,30)47(37(13,14)15)48(38(16,17)18)44(31,32)42(27,28)46(35(7,8)9,36(10,11)12)50(48,40(22,23)24)49(45,47)39(19,20)21/h1-32H3. The summed E-state index contributed by atoms with van der Waals surface area (Å²) >= 11 is 0. The maximum atomic E-state index is 3.42. The van der Waals surface area contributed by atoms with E-state index in [1.165, 1.54) is 0 Å². The zero-order valence-corrected chi connectivity index (χ0v) is 59.0. The van der Waals surface area contributed by atoms with Gasteiger partial charge < -0.3 is 0 Å². The highest BCUT2D eigenvalue weighted by Crippen LogP contribution is 2.83. The molecule has 0 N–H and O–H groups in total. The van der Waals surface area contributed by atoms with E-state index < -0.39 is 126 Å². The first-order valence-electron chi connectivity index (χ1n) is 21.0. The third-order valence-corrected chi connectivity index (χ3v) is 713. The molecule has 3 aliphatic heterocycles. The lowest BCUT2D eigenvalue weighted by molar-refractivity contribution is 1.76. The van der Waals surface area contributed by atoms with Crippen LogP contribution in [0.2, 0.25) is 210 Å². The summed E-state index contributed by atoms with van der Waals surface area (Å²) in [4.78, 5) is 0. The van der Waals surface area contributed by atoms with Gasteiger partial charge in [0.1, 0.15) is 0 Å². The van der Waals surface area contributed by atoms with Crippen LogP contribution in [0.25, 0.3) is 0 Å². The molecule has 3 saturated heterocycles. The summed E-state index contributed by atoms with van der Waals surface area (Å²) in [6, 6.07) is 0. The molecule has 4 atom stereocenters. The number of hydrogen-bond donors (Lipinski definition) is 0. The molecule has 0 radical (unpaired) electrons. The minimum Gasteiger partial charge on any atom is -0.0739 e. The van der Waals surface area contributed by atoms with Gasteiger partial charge in [0.25, 0.3) is 0 Å². The molecule has 0 nitrogen and oxygen atoms in total. The molecule has 0 aliphatic carbocycles. The molecule has 296 valence electrons. The van der Waals surface area contributed by atoms with Crippen molar-refractivity contribution in [2.24, 2.45) is 0 Å². The minimum atomic E-state index is -1.73. The molecule has 3 heterocycles. The van der Waals surface area contributed by atoms with E-state index in [2.05, 4.69) is 210 Å². The van der Waals surface area contributed by atoms with Crippen molar-refractivity contribution in [2.45, 2.75) is 210 Å². The lowest BCUT2D eigenvalue weighted by Gasteiger charge is -2.97. The quantitative estimate of drug-likeness (QED) is 0.213. The monoisotopic (exact) mass is 984 g/mol. The topological polar surface area (TPSA) is 0 Å². The first-order valence-corrected chi connectivity index (χ1v) is 93.0. The molecule has 3 fully saturated rings. The van der Waals surface area contributed by atoms with E-state index in [4.69, 9.17) is 0 Å². The molecule has 0 aromatic heterocycles. The summed E-state index contributed by atoms with van der Waals surface area (Å²) in [5, 5.41) is 0. The Morgan fingerprint density at radius 2 is 0.320 bits per heavy atom. The maximum absolute atomic E-state index is 3.42. The van der Waals surface area contributed by atoms with Crippen LogP contribution in [0, 0.1) is 0 Å². The van der Waals surface area contributed by atoms with Crippen LogP contribution in [0.3, 0.4) is 0 Å². The van der Waals surface area contributed by atoms with Crippen molar-refractivity contribution in [2.75, 3.05) is 0 Å². The molecule has 0 saturated carbocycles. The Balaban J connectivity index is 3.48. The van der Waals surface area contributed by atoms with E-state index in [9.17, 15) is 0 Å². The molecule has 0 spiro atoms. The van der Waals surface area contributed by atoms with Gasteiger partial charge in [0.15, 0.2) is 0 Å². The van der Waals surface area contributed by atoms with E-state index in [1.54, 1.807) is 0 Å². The molecule has 0 amide bonds. The van der Waals surface area contributed by atoms with Gasteiger partial charge in [0, 0.05) is 126 Å². The van der Waals surface area contributed by atoms with Crippen LogP contribution in [-0.4, -0.2) is 126 Å². The number of fused-ring (bicyclic) bond motifs is 4. The summed E-state index contributed by atoms with van der Waals surface area (Å²) in [6.07, 6.45) is -10.0. The van der Waals surface area contributed by atoms with Gasteiger partial charge in [-0.15, -0.1) is 0 Å². The van der Waals surface area contributed by atoms with Crippen molar-refractivity contribution in [3.05, 3.63) is 0 Å². The van der Waals surface area contributed by atoms with E-state index >= 15 is 0 Å². The van der Waals surface area contributed by atoms with Gasteiger partial charge in [-0.2, -0.15) is 0 Å². The fraction of sp³-hybridized carbons (Fsp3) is 1.00. The highest BCUT2D eigenvalue weighted by atomic mass is 31.0. The minimum absolute atomic E-state index is 1.52. The van der Waals surface area contributed by atoms with Crippen LogP contribution in [0.1, 0.15) is 0 Å². The predicted molar refractivity (Wildman–Crippen MR) is 291 cm³/mol. The third kappa shape index (κ3) is 3.98. The second-order valence-electron chi connectivity index (χ2n) is 29.0. The average molecular weight is 987 g/mol. The van der Waals surface area contributed by atoms with E-state index in [0.717, 1.165) is 0 Å². The first-order chi connectivity index (χ1) is 21.0. The maximum Gasteiger partial charge on any atom is 0.0303 e. The molecular formula is C32H96Si18. The zero-order valence-electron chi connectivity index (χ0n) is 41.0. The smallest absolute Gasteiger partial charge is 0.0303 e. The van der Waals surface area contributed by atoms with Crippen LogP contribution in [0.4, 0.5) is 0 Å². The van der Waals surface area contributed by atoms with Crippen molar-refractivity contribution in [1.29, 1.82) is 0 Å². The molecule has 3 rings (SSSR count). The van der Waals surface area contributed by atoms with Gasteiger partial charge >= 0.3 is 0 Å². The van der Waals surface area contributed by atoms with E-state index in [0.29, 0.717) is 0 Å². The first kappa shape index (κ1) is 48.3. The highest BCUT2D eigenvalue weighted by Gasteiger charge is 3.16. The summed E-state index contributed by atoms with van der Waals surface area (Å²) in [5.41, 5.74) is 0. The third-order valence-electron chi connectivity index (χ3n) is 19.2. The molecule has 0 aromatic carbocycles. The Morgan fingerprint density at radius 1 is 0.180 bits per heavy atom. The molecule has 3 aliphatic rings. The summed E-state index contributed by atoms with van der Waals surface area (Å²) in [6.45, 7) is 105. The molecular weight excluding hydrogens is 890 g/mol. The molecule has 50 heavy (non-hydrogen) atoms. The second kappa shape index (κ2) is 11.4. The number of hydrogen-bond acceptors (Lipinski definition) is 0. The second-order valence-corrected chi connectivity index (χ2v) is 267. The highest BCUT2D eigenvalue weighted by molar-refractivity contribution is 8.77. The lowest BCUT2D eigenvalue weighted by Crippen LogP contribution is -3.32. The normalized spacial score (nSPS) is 36.5. The SMILES string of the molecule is C[Si](C)(C)[Si]1([Si](C)(C)C)[Si](C)(C)[Si](C)(C)[Si]2([Si](C)(C)C)[Si]3([Si](C)(C)C)[Si](C)(C)[Si](C)(C)[Si]([Si](C)(C)C)([Si](C)(C)C)[Si]3([Si](C)(C)C)[Si]12[Si](C)(C)C. The fourth-order valence-corrected chi connectivity index (χ4v) is 1960. The van der Waals surface area contributed by atoms with Crippen LogP contribution in [0.15, 0.2) is 0 Å². The number of rotatable bonds is 8. The predicted octanol–water partition coefficient (Wildman–Crippen LogP) is 11.8. The van der Waals surface area contributed by atoms with Gasteiger partial charge in [0.2, 0.25) is 0 Å². The van der Waals surface area contributed by atoms with E-state index in [-0.39, 0.29) is 0 Å². The average Bonchev–Trinajstić information content (AvgIpc) is 2.88. The lowest BCUT2D eigenvalue weighted by atomic mass is 11.8. The molecule has 18 heteroatoms. The molecule has 4 unspecified atom stereocenters. The van der Waals surface area contributed by atoms with Crippen LogP contribution >= 0.6 is 0 Å². The largest absolute Gasteiger partial charge is 0.0739 e. The summed E-state index contributed by atoms with van der Waals surface area (Å²) in [5.74, 6) is 0. The van der Waals surface area contributed by atoms with Crippen molar-refractivity contribution in [1.82, 2.24) is 0 Å². The molecule has 0 bridgehead atoms. The Labute approximate surface area is 332 Å². The molecule has 0 aromatic rings. The van der Waals surface area contributed by atoms with Crippen molar-refractivity contribution in [3.8, 4) is 0 Å². The van der Waals surface area contributed by atoms with Crippen molar-refractivity contribution >= 4 is 126 Å². The van der Waals surface area contributed by atoms with Crippen LogP contribution in [0.5, 0.6) is 0 Å². The Bertz CT molecular complexity index is 1270. The van der Waals surface area contributed by atoms with Gasteiger partial charge in [0.05, 0.1) is 0 Å². The summed E-state index contributed by atoms with van der Waals surface area (Å²) in [7, 11) is -18.6. The van der Waals surface area contributed by atoms with Crippen LogP contribution in [-0.2, 0) is 0 Å². The van der Waals surface area contributed by atoms with Gasteiger partial charge in [-0.05, 0) is 0 Å². The van der Waals surface area contributed by atoms with Crippen LogP contribution < -0.4 is 0 Å². The fourth-order valence-electron chi connectivity index (χ4n) is 22.6. The van der Waals surface area contributed by atoms with Gasteiger partial charge in [-0.25, -0.2) is 0 Å².